The summed E-state index contributed by atoms with van der Waals surface area (Å²) in [6.45, 7) is 8.10. The minimum atomic E-state index is -3.50. The van der Waals surface area contributed by atoms with Crippen molar-refractivity contribution < 1.29 is 21.6 Å². The van der Waals surface area contributed by atoms with Crippen LogP contribution in [-0.4, -0.2) is 57.4 Å². The fourth-order valence-corrected chi connectivity index (χ4v) is 7.85. The first-order valence-corrected chi connectivity index (χ1v) is 15.1. The van der Waals surface area contributed by atoms with Gasteiger partial charge in [-0.1, -0.05) is 25.0 Å². The van der Waals surface area contributed by atoms with Crippen molar-refractivity contribution in [3.8, 4) is 0 Å². The number of hydrogen-bond acceptors (Lipinski definition) is 5. The fourth-order valence-electron chi connectivity index (χ4n) is 4.88. The summed E-state index contributed by atoms with van der Waals surface area (Å²) in [6.07, 6.45) is 5.92. The van der Waals surface area contributed by atoms with Crippen LogP contribution in [0.25, 0.3) is 0 Å². The third kappa shape index (κ3) is 6.55. The molecule has 2 atom stereocenters. The van der Waals surface area contributed by atoms with E-state index in [2.05, 4.69) is 0 Å². The molecule has 0 spiro atoms. The van der Waals surface area contributed by atoms with Gasteiger partial charge in [-0.15, -0.1) is 0 Å². The number of morpholine rings is 1. The fraction of sp³-hybridized carbons (Fsp3) is 0.750. The van der Waals surface area contributed by atoms with E-state index in [4.69, 9.17) is 4.74 Å². The molecule has 6 nitrogen and oxygen atoms in total. The predicted octanol–water partition coefficient (Wildman–Crippen LogP) is 4.05. The van der Waals surface area contributed by atoms with Gasteiger partial charge in [0.1, 0.15) is 0 Å². The highest BCUT2D eigenvalue weighted by atomic mass is 32.2. The molecule has 1 saturated heterocycles. The Morgan fingerprint density at radius 3 is 1.97 bits per heavy atom. The Bertz CT molecular complexity index is 939. The lowest BCUT2D eigenvalue weighted by atomic mass is 9.80. The second-order valence-electron chi connectivity index (χ2n) is 10.0. The highest BCUT2D eigenvalue weighted by Crippen LogP contribution is 2.33. The Hall–Kier alpha value is -0.960. The Kier molecular flexibility index (Phi) is 8.45. The topological polar surface area (TPSA) is 80.8 Å². The van der Waals surface area contributed by atoms with Crippen molar-refractivity contribution in [2.45, 2.75) is 88.6 Å². The highest BCUT2D eigenvalue weighted by Gasteiger charge is 2.32. The molecule has 8 heteroatoms. The van der Waals surface area contributed by atoms with Crippen molar-refractivity contribution in [1.82, 2.24) is 4.31 Å². The molecule has 2 aliphatic rings. The normalized spacial score (nSPS) is 28.2. The summed E-state index contributed by atoms with van der Waals surface area (Å²) in [5, 5.41) is -0.290. The molecule has 2 fully saturated rings. The van der Waals surface area contributed by atoms with E-state index in [-0.39, 0.29) is 17.5 Å². The maximum absolute atomic E-state index is 13.0. The minimum Gasteiger partial charge on any atom is -0.373 e. The Labute approximate surface area is 194 Å². The van der Waals surface area contributed by atoms with Crippen LogP contribution in [-0.2, 0) is 31.0 Å². The molecular weight excluding hydrogens is 446 g/mol. The third-order valence-electron chi connectivity index (χ3n) is 6.94. The molecule has 182 valence electrons. The lowest BCUT2D eigenvalue weighted by Gasteiger charge is -2.34. The maximum atomic E-state index is 13.0. The minimum absolute atomic E-state index is 0.103. The molecule has 32 heavy (non-hydrogen) atoms. The second-order valence-corrected chi connectivity index (χ2v) is 14.6. The van der Waals surface area contributed by atoms with E-state index in [1.165, 1.54) is 4.31 Å². The van der Waals surface area contributed by atoms with Crippen molar-refractivity contribution in [2.24, 2.45) is 11.8 Å². The molecule has 1 aromatic carbocycles. The molecule has 1 heterocycles. The highest BCUT2D eigenvalue weighted by molar-refractivity contribution is 7.92. The van der Waals surface area contributed by atoms with Crippen LogP contribution in [0.2, 0.25) is 0 Å². The summed E-state index contributed by atoms with van der Waals surface area (Å²) in [7, 11) is -6.46. The van der Waals surface area contributed by atoms with Gasteiger partial charge in [0.25, 0.3) is 0 Å². The van der Waals surface area contributed by atoms with Gasteiger partial charge in [-0.05, 0) is 82.9 Å². The van der Waals surface area contributed by atoms with Gasteiger partial charge in [0.15, 0.2) is 9.84 Å². The Balaban J connectivity index is 1.49. The van der Waals surface area contributed by atoms with Gasteiger partial charge in [0.2, 0.25) is 10.0 Å². The van der Waals surface area contributed by atoms with Crippen molar-refractivity contribution >= 4 is 19.9 Å². The first-order valence-electron chi connectivity index (χ1n) is 11.9. The number of hydrogen-bond donors (Lipinski definition) is 0. The summed E-state index contributed by atoms with van der Waals surface area (Å²) < 4.78 is 57.5. The third-order valence-corrected chi connectivity index (χ3v) is 11.2. The SMILES string of the molecule is CC(C)S(=O)(=O)CC1CCC(CCc2ccc(S(=O)(=O)N3C[C@@H](C)O[C@@H](C)C3)cc2)CC1. The number of benzene rings is 1. The molecule has 0 N–H and O–H groups in total. The standard InChI is InChI=1S/C24H39NO5S2/c1-18(2)31(26,27)17-23-9-7-21(8-10-23)5-6-22-11-13-24(14-12-22)32(28,29)25-15-19(3)30-20(4)16-25/h11-14,18-21,23H,5-10,15-17H2,1-4H3/t19-,20+,21?,23?. The summed E-state index contributed by atoms with van der Waals surface area (Å²) >= 11 is 0. The first-order chi connectivity index (χ1) is 15.0. The van der Waals surface area contributed by atoms with E-state index in [1.807, 2.05) is 26.0 Å². The maximum Gasteiger partial charge on any atom is 0.243 e. The molecule has 1 aromatic rings. The van der Waals surface area contributed by atoms with Crippen LogP contribution >= 0.6 is 0 Å². The van der Waals surface area contributed by atoms with E-state index in [0.717, 1.165) is 44.1 Å². The summed E-state index contributed by atoms with van der Waals surface area (Å²) in [5.74, 6) is 1.25. The predicted molar refractivity (Wildman–Crippen MR) is 128 cm³/mol. The first kappa shape index (κ1) is 25.7. The largest absolute Gasteiger partial charge is 0.373 e. The quantitative estimate of drug-likeness (QED) is 0.555. The zero-order chi connectivity index (χ0) is 23.5. The van der Waals surface area contributed by atoms with Crippen LogP contribution in [0.1, 0.15) is 65.4 Å². The van der Waals surface area contributed by atoms with Gasteiger partial charge in [-0.25, -0.2) is 16.8 Å². The lowest BCUT2D eigenvalue weighted by Crippen LogP contribution is -2.48. The Morgan fingerprint density at radius 1 is 0.906 bits per heavy atom. The van der Waals surface area contributed by atoms with Gasteiger partial charge < -0.3 is 4.74 Å². The zero-order valence-corrected chi connectivity index (χ0v) is 21.5. The lowest BCUT2D eigenvalue weighted by molar-refractivity contribution is -0.0440. The molecule has 3 rings (SSSR count). The molecular formula is C24H39NO5S2. The van der Waals surface area contributed by atoms with E-state index in [1.54, 1.807) is 26.0 Å². The smallest absolute Gasteiger partial charge is 0.243 e. The summed E-state index contributed by atoms with van der Waals surface area (Å²) in [6, 6.07) is 7.31. The molecule has 0 radical (unpaired) electrons. The molecule has 0 aromatic heterocycles. The Morgan fingerprint density at radius 2 is 1.44 bits per heavy atom. The molecule has 1 aliphatic carbocycles. The molecule has 0 bridgehead atoms. The van der Waals surface area contributed by atoms with Crippen LogP contribution in [0.3, 0.4) is 0 Å². The van der Waals surface area contributed by atoms with Crippen LogP contribution < -0.4 is 0 Å². The van der Waals surface area contributed by atoms with Gasteiger partial charge >= 0.3 is 0 Å². The second kappa shape index (κ2) is 10.5. The van der Waals surface area contributed by atoms with E-state index < -0.39 is 19.9 Å². The summed E-state index contributed by atoms with van der Waals surface area (Å²) in [5.41, 5.74) is 1.15. The zero-order valence-electron chi connectivity index (χ0n) is 19.9. The van der Waals surface area contributed by atoms with Crippen LogP contribution in [0.5, 0.6) is 0 Å². The molecule has 1 saturated carbocycles. The average Bonchev–Trinajstić information content (AvgIpc) is 2.72. The number of ether oxygens (including phenoxy) is 1. The van der Waals surface area contributed by atoms with Gasteiger partial charge in [-0.3, -0.25) is 0 Å². The van der Waals surface area contributed by atoms with Crippen LogP contribution in [0, 0.1) is 11.8 Å². The number of nitrogens with zero attached hydrogens (tertiary/aromatic N) is 1. The molecule has 0 unspecified atom stereocenters. The van der Waals surface area contributed by atoms with Crippen molar-refractivity contribution in [3.63, 3.8) is 0 Å². The van der Waals surface area contributed by atoms with Crippen LogP contribution in [0.15, 0.2) is 29.2 Å². The van der Waals surface area contributed by atoms with Gasteiger partial charge in [0, 0.05) is 13.1 Å². The molecule has 0 amide bonds. The van der Waals surface area contributed by atoms with Gasteiger partial charge in [-0.2, -0.15) is 4.31 Å². The van der Waals surface area contributed by atoms with Crippen molar-refractivity contribution in [3.05, 3.63) is 29.8 Å². The average molecular weight is 486 g/mol. The monoisotopic (exact) mass is 485 g/mol. The number of sulfone groups is 1. The van der Waals surface area contributed by atoms with Crippen molar-refractivity contribution in [2.75, 3.05) is 18.8 Å². The van der Waals surface area contributed by atoms with E-state index in [0.29, 0.717) is 35.6 Å². The van der Waals surface area contributed by atoms with Crippen molar-refractivity contribution in [1.29, 1.82) is 0 Å². The van der Waals surface area contributed by atoms with Crippen LogP contribution in [0.4, 0.5) is 0 Å². The number of sulfonamides is 1. The number of aryl methyl sites for hydroxylation is 1. The van der Waals surface area contributed by atoms with Gasteiger partial charge in [0.05, 0.1) is 28.1 Å². The van der Waals surface area contributed by atoms with E-state index in [9.17, 15) is 16.8 Å². The number of rotatable bonds is 8. The summed E-state index contributed by atoms with van der Waals surface area (Å²) in [4.78, 5) is 0.342. The van der Waals surface area contributed by atoms with E-state index >= 15 is 0 Å². The molecule has 1 aliphatic heterocycles.